The van der Waals surface area contributed by atoms with Crippen LogP contribution in [0, 0.1) is 13.8 Å². The third kappa shape index (κ3) is 2.53. The standard InChI is InChI=1S/C13H17N3O2S/c1-5-16(6-10(17)18-4)12-11-8(2)9(3)19-13(11)15-7-14-12/h7H,5-6H2,1-4H3. The van der Waals surface area contributed by atoms with Crippen LogP contribution in [0.1, 0.15) is 17.4 Å². The number of methoxy groups -OCH3 is 1. The van der Waals surface area contributed by atoms with Gasteiger partial charge in [-0.25, -0.2) is 9.97 Å². The van der Waals surface area contributed by atoms with E-state index in [1.165, 1.54) is 17.6 Å². The monoisotopic (exact) mass is 279 g/mol. The average molecular weight is 279 g/mol. The number of carbonyl (C=O) groups excluding carboxylic acids is 1. The quantitative estimate of drug-likeness (QED) is 0.804. The van der Waals surface area contributed by atoms with Crippen LogP contribution >= 0.6 is 11.3 Å². The Morgan fingerprint density at radius 3 is 2.79 bits per heavy atom. The Labute approximate surface area is 116 Å². The minimum absolute atomic E-state index is 0.202. The predicted molar refractivity (Wildman–Crippen MR) is 76.8 cm³/mol. The maximum absolute atomic E-state index is 11.5. The molecule has 19 heavy (non-hydrogen) atoms. The van der Waals surface area contributed by atoms with E-state index in [0.29, 0.717) is 6.54 Å². The van der Waals surface area contributed by atoms with Crippen molar-refractivity contribution in [3.63, 3.8) is 0 Å². The lowest BCUT2D eigenvalue weighted by molar-refractivity contribution is -0.138. The molecule has 0 aliphatic rings. The molecule has 0 N–H and O–H groups in total. The van der Waals surface area contributed by atoms with Gasteiger partial charge < -0.3 is 9.64 Å². The fraction of sp³-hybridized carbons (Fsp3) is 0.462. The first-order chi connectivity index (χ1) is 9.08. The van der Waals surface area contributed by atoms with Gasteiger partial charge in [0.1, 0.15) is 23.5 Å². The van der Waals surface area contributed by atoms with Crippen molar-refractivity contribution < 1.29 is 9.53 Å². The van der Waals surface area contributed by atoms with E-state index in [4.69, 9.17) is 4.74 Å². The SMILES string of the molecule is CCN(CC(=O)OC)c1ncnc2sc(C)c(C)c12. The summed E-state index contributed by atoms with van der Waals surface area (Å²) in [5.74, 6) is 0.540. The summed E-state index contributed by atoms with van der Waals surface area (Å²) in [6.45, 7) is 7.02. The summed E-state index contributed by atoms with van der Waals surface area (Å²) in [5.41, 5.74) is 1.18. The Bertz CT molecular complexity index is 609. The largest absolute Gasteiger partial charge is 0.468 e. The second-order valence-electron chi connectivity index (χ2n) is 4.25. The first kappa shape index (κ1) is 13.7. The average Bonchev–Trinajstić information content (AvgIpc) is 2.71. The molecule has 0 unspecified atom stereocenters. The van der Waals surface area contributed by atoms with E-state index < -0.39 is 0 Å². The molecule has 0 aliphatic heterocycles. The Morgan fingerprint density at radius 1 is 1.42 bits per heavy atom. The second kappa shape index (κ2) is 5.52. The van der Waals surface area contributed by atoms with Gasteiger partial charge >= 0.3 is 5.97 Å². The molecule has 2 aromatic heterocycles. The first-order valence-electron chi connectivity index (χ1n) is 6.11. The number of aryl methyl sites for hydroxylation is 2. The number of carbonyl (C=O) groups is 1. The van der Waals surface area contributed by atoms with Crippen molar-refractivity contribution in [3.05, 3.63) is 16.8 Å². The number of nitrogens with zero attached hydrogens (tertiary/aromatic N) is 3. The van der Waals surface area contributed by atoms with Gasteiger partial charge in [-0.05, 0) is 26.3 Å². The molecule has 0 radical (unpaired) electrons. The van der Waals surface area contributed by atoms with Crippen LogP contribution in [0.15, 0.2) is 6.33 Å². The van der Waals surface area contributed by atoms with E-state index >= 15 is 0 Å². The molecule has 2 rings (SSSR count). The van der Waals surface area contributed by atoms with Gasteiger partial charge in [-0.3, -0.25) is 4.79 Å². The van der Waals surface area contributed by atoms with Gasteiger partial charge in [0.25, 0.3) is 0 Å². The number of thiophene rings is 1. The molecule has 0 bridgehead atoms. The maximum atomic E-state index is 11.5. The number of ether oxygens (including phenoxy) is 1. The zero-order chi connectivity index (χ0) is 14.0. The number of esters is 1. The van der Waals surface area contributed by atoms with Crippen molar-refractivity contribution in [2.24, 2.45) is 0 Å². The third-order valence-electron chi connectivity index (χ3n) is 3.17. The number of fused-ring (bicyclic) bond motifs is 1. The minimum Gasteiger partial charge on any atom is -0.468 e. The molecule has 0 saturated heterocycles. The molecular formula is C13H17N3O2S. The van der Waals surface area contributed by atoms with Crippen LogP contribution in [0.25, 0.3) is 10.2 Å². The fourth-order valence-corrected chi connectivity index (χ4v) is 2.95. The van der Waals surface area contributed by atoms with Gasteiger partial charge in [0.05, 0.1) is 12.5 Å². The van der Waals surface area contributed by atoms with Crippen molar-refractivity contribution >= 4 is 33.3 Å². The van der Waals surface area contributed by atoms with Gasteiger partial charge in [-0.1, -0.05) is 0 Å². The molecular weight excluding hydrogens is 262 g/mol. The van der Waals surface area contributed by atoms with E-state index in [-0.39, 0.29) is 12.5 Å². The smallest absolute Gasteiger partial charge is 0.325 e. The lowest BCUT2D eigenvalue weighted by Gasteiger charge is -2.21. The third-order valence-corrected chi connectivity index (χ3v) is 4.29. The summed E-state index contributed by atoms with van der Waals surface area (Å²) in [6, 6.07) is 0. The van der Waals surface area contributed by atoms with Gasteiger partial charge in [-0.2, -0.15) is 0 Å². The summed E-state index contributed by atoms with van der Waals surface area (Å²) in [5, 5.41) is 1.04. The van der Waals surface area contributed by atoms with Crippen molar-refractivity contribution in [1.29, 1.82) is 0 Å². The van der Waals surface area contributed by atoms with E-state index in [1.54, 1.807) is 17.7 Å². The number of rotatable bonds is 4. The van der Waals surface area contributed by atoms with Gasteiger partial charge in [-0.15, -0.1) is 11.3 Å². The molecule has 5 nitrogen and oxygen atoms in total. The normalized spacial score (nSPS) is 10.7. The van der Waals surface area contributed by atoms with E-state index in [9.17, 15) is 4.79 Å². The number of hydrogen-bond acceptors (Lipinski definition) is 6. The highest BCUT2D eigenvalue weighted by atomic mass is 32.1. The summed E-state index contributed by atoms with van der Waals surface area (Å²) in [4.78, 5) is 24.2. The highest BCUT2D eigenvalue weighted by Gasteiger charge is 2.18. The molecule has 2 aromatic rings. The van der Waals surface area contributed by atoms with Crippen LogP contribution in [-0.2, 0) is 9.53 Å². The highest BCUT2D eigenvalue weighted by molar-refractivity contribution is 7.18. The van der Waals surface area contributed by atoms with Gasteiger partial charge in [0.2, 0.25) is 0 Å². The minimum atomic E-state index is -0.266. The molecule has 0 fully saturated rings. The van der Waals surface area contributed by atoms with Gasteiger partial charge in [0.15, 0.2) is 0 Å². The predicted octanol–water partition coefficient (Wildman–Crippen LogP) is 2.31. The van der Waals surface area contributed by atoms with Crippen molar-refractivity contribution in [2.45, 2.75) is 20.8 Å². The van der Waals surface area contributed by atoms with Crippen LogP contribution in [0.2, 0.25) is 0 Å². The molecule has 0 aliphatic carbocycles. The summed E-state index contributed by atoms with van der Waals surface area (Å²) < 4.78 is 4.73. The van der Waals surface area contributed by atoms with E-state index in [1.807, 2.05) is 11.8 Å². The topological polar surface area (TPSA) is 55.3 Å². The Hall–Kier alpha value is -1.69. The lowest BCUT2D eigenvalue weighted by Crippen LogP contribution is -2.31. The fourth-order valence-electron chi connectivity index (χ4n) is 1.96. The lowest BCUT2D eigenvalue weighted by atomic mass is 10.2. The van der Waals surface area contributed by atoms with Crippen LogP contribution in [0.4, 0.5) is 5.82 Å². The molecule has 0 aromatic carbocycles. The molecule has 0 saturated carbocycles. The molecule has 102 valence electrons. The first-order valence-corrected chi connectivity index (χ1v) is 6.92. The van der Waals surface area contributed by atoms with Crippen LogP contribution in [0.5, 0.6) is 0 Å². The number of hydrogen-bond donors (Lipinski definition) is 0. The van der Waals surface area contributed by atoms with E-state index in [2.05, 4.69) is 23.8 Å². The van der Waals surface area contributed by atoms with Crippen LogP contribution in [0.3, 0.4) is 0 Å². The Morgan fingerprint density at radius 2 is 2.16 bits per heavy atom. The van der Waals surface area contributed by atoms with Crippen LogP contribution in [-0.4, -0.2) is 36.1 Å². The summed E-state index contributed by atoms with van der Waals surface area (Å²) in [6.07, 6.45) is 1.55. The zero-order valence-corrected chi connectivity index (χ0v) is 12.4. The number of anilines is 1. The molecule has 2 heterocycles. The highest BCUT2D eigenvalue weighted by Crippen LogP contribution is 2.34. The van der Waals surface area contributed by atoms with Crippen molar-refractivity contribution in [2.75, 3.05) is 25.1 Å². The van der Waals surface area contributed by atoms with Crippen LogP contribution < -0.4 is 4.90 Å². The second-order valence-corrected chi connectivity index (χ2v) is 5.45. The molecule has 0 amide bonds. The molecule has 6 heteroatoms. The van der Waals surface area contributed by atoms with Crippen molar-refractivity contribution in [3.8, 4) is 0 Å². The van der Waals surface area contributed by atoms with Gasteiger partial charge in [0, 0.05) is 11.4 Å². The van der Waals surface area contributed by atoms with E-state index in [0.717, 1.165) is 16.0 Å². The molecule has 0 atom stereocenters. The number of aromatic nitrogens is 2. The van der Waals surface area contributed by atoms with Crippen molar-refractivity contribution in [1.82, 2.24) is 9.97 Å². The Balaban J connectivity index is 2.50. The maximum Gasteiger partial charge on any atom is 0.325 e. The summed E-state index contributed by atoms with van der Waals surface area (Å²) >= 11 is 1.65. The Kier molecular flexibility index (Phi) is 3.99. The zero-order valence-electron chi connectivity index (χ0n) is 11.6. The molecule has 0 spiro atoms. The summed E-state index contributed by atoms with van der Waals surface area (Å²) in [7, 11) is 1.39. The number of likely N-dealkylation sites (N-methyl/N-ethyl adjacent to an activating group) is 1.